The molecule has 0 N–H and O–H groups in total. The monoisotopic (exact) mass is 292 g/mol. The molecule has 0 bridgehead atoms. The second-order valence-electron chi connectivity index (χ2n) is 3.35. The van der Waals surface area contributed by atoms with E-state index in [9.17, 15) is 17.4 Å². The van der Waals surface area contributed by atoms with Crippen molar-refractivity contribution in [3.63, 3.8) is 0 Å². The molecule has 1 heterocycles. The summed E-state index contributed by atoms with van der Waals surface area (Å²) in [6.07, 6.45) is -4.46. The van der Waals surface area contributed by atoms with Gasteiger partial charge in [0.1, 0.15) is 0 Å². The molecule has 2 rings (SSSR count). The lowest BCUT2D eigenvalue weighted by atomic mass is 10.1. The third kappa shape index (κ3) is 2.99. The molecule has 102 valence electrons. The molecule has 0 aliphatic rings. The van der Waals surface area contributed by atoms with Gasteiger partial charge in [0.2, 0.25) is 17.0 Å². The van der Waals surface area contributed by atoms with Crippen molar-refractivity contribution in [2.24, 2.45) is 0 Å². The minimum Gasteiger partial charge on any atom is -0.408 e. The molecule has 0 saturated carbocycles. The number of nitrogens with zero attached hydrogens (tertiary/aromatic N) is 2. The zero-order valence-electron chi connectivity index (χ0n) is 9.47. The zero-order chi connectivity index (χ0) is 14.0. The number of hydrogen-bond acceptors (Lipinski definition) is 5. The largest absolute Gasteiger partial charge is 0.416 e. The van der Waals surface area contributed by atoms with Gasteiger partial charge in [-0.3, -0.25) is 4.18 Å². The summed E-state index contributed by atoms with van der Waals surface area (Å²) in [4.78, 5) is 0. The summed E-state index contributed by atoms with van der Waals surface area (Å²) in [6.45, 7) is 0. The van der Waals surface area contributed by atoms with Crippen molar-refractivity contribution < 1.29 is 26.0 Å². The fraction of sp³-hybridized carbons (Fsp3) is 0.200. The molecule has 1 aromatic carbocycles. The second-order valence-corrected chi connectivity index (χ2v) is 4.51. The van der Waals surface area contributed by atoms with Crippen LogP contribution in [0.3, 0.4) is 0 Å². The van der Waals surface area contributed by atoms with E-state index in [1.54, 1.807) is 0 Å². The zero-order valence-corrected chi connectivity index (χ0v) is 10.3. The van der Waals surface area contributed by atoms with Gasteiger partial charge in [-0.25, -0.2) is 4.21 Å². The molecule has 0 aliphatic heterocycles. The summed E-state index contributed by atoms with van der Waals surface area (Å²) >= 11 is -1.93. The molecule has 0 amide bonds. The van der Waals surface area contributed by atoms with Crippen LogP contribution in [0.5, 0.6) is 0 Å². The maximum Gasteiger partial charge on any atom is 0.416 e. The molecule has 0 aliphatic carbocycles. The fourth-order valence-corrected chi connectivity index (χ4v) is 1.69. The summed E-state index contributed by atoms with van der Waals surface area (Å²) in [5.41, 5.74) is -0.751. The summed E-state index contributed by atoms with van der Waals surface area (Å²) in [7, 11) is 1.17. The number of aromatic nitrogens is 2. The van der Waals surface area contributed by atoms with Gasteiger partial charge < -0.3 is 4.42 Å². The van der Waals surface area contributed by atoms with Crippen LogP contribution >= 0.6 is 0 Å². The predicted octanol–water partition coefficient (Wildman–Crippen LogP) is 2.42. The first-order valence-electron chi connectivity index (χ1n) is 4.89. The van der Waals surface area contributed by atoms with Gasteiger partial charge in [0.25, 0.3) is 0 Å². The van der Waals surface area contributed by atoms with Crippen molar-refractivity contribution in [3.05, 3.63) is 29.8 Å². The Balaban J connectivity index is 2.37. The second kappa shape index (κ2) is 5.10. The van der Waals surface area contributed by atoms with Gasteiger partial charge in [-0.15, -0.1) is 5.10 Å². The minimum absolute atomic E-state index is 0.0849. The average molecular weight is 292 g/mol. The molecule has 5 nitrogen and oxygen atoms in total. The van der Waals surface area contributed by atoms with Crippen LogP contribution in [-0.2, 0) is 21.4 Å². The first kappa shape index (κ1) is 13.7. The Bertz CT molecular complexity index is 612. The van der Waals surface area contributed by atoms with E-state index in [1.165, 1.54) is 19.2 Å². The normalized spacial score (nSPS) is 13.5. The van der Waals surface area contributed by atoms with Crippen molar-refractivity contribution in [1.29, 1.82) is 0 Å². The van der Waals surface area contributed by atoms with Crippen molar-refractivity contribution >= 4 is 11.1 Å². The highest BCUT2D eigenvalue weighted by molar-refractivity contribution is 7.79. The minimum atomic E-state index is -4.46. The fourth-order valence-electron chi connectivity index (χ4n) is 1.29. The topological polar surface area (TPSA) is 65.2 Å². The van der Waals surface area contributed by atoms with E-state index in [0.717, 1.165) is 12.1 Å². The number of halogens is 3. The van der Waals surface area contributed by atoms with Crippen LogP contribution in [0.1, 0.15) is 5.56 Å². The van der Waals surface area contributed by atoms with E-state index in [1.807, 2.05) is 0 Å². The molecule has 0 radical (unpaired) electrons. The van der Waals surface area contributed by atoms with Crippen LogP contribution in [0.4, 0.5) is 13.2 Å². The molecule has 0 fully saturated rings. The molecule has 2 aromatic rings. The molecular formula is C10H7F3N2O3S. The molecule has 1 unspecified atom stereocenters. The number of alkyl halides is 3. The number of benzene rings is 1. The van der Waals surface area contributed by atoms with Crippen molar-refractivity contribution in [2.75, 3.05) is 7.11 Å². The Morgan fingerprint density at radius 1 is 1.32 bits per heavy atom. The van der Waals surface area contributed by atoms with Gasteiger partial charge in [-0.2, -0.15) is 13.2 Å². The van der Waals surface area contributed by atoms with Crippen molar-refractivity contribution in [3.8, 4) is 11.5 Å². The Morgan fingerprint density at radius 2 is 2.05 bits per heavy atom. The predicted molar refractivity (Wildman–Crippen MR) is 58.2 cm³/mol. The third-order valence-corrected chi connectivity index (χ3v) is 2.89. The Kier molecular flexibility index (Phi) is 3.67. The van der Waals surface area contributed by atoms with E-state index < -0.39 is 22.8 Å². The van der Waals surface area contributed by atoms with E-state index in [0.29, 0.717) is 0 Å². The summed E-state index contributed by atoms with van der Waals surface area (Å²) in [5.74, 6) is -0.161. The summed E-state index contributed by atoms with van der Waals surface area (Å²) < 4.78 is 58.2. The quantitative estimate of drug-likeness (QED) is 0.869. The van der Waals surface area contributed by atoms with Crippen LogP contribution in [0.25, 0.3) is 11.5 Å². The molecule has 1 atom stereocenters. The lowest BCUT2D eigenvalue weighted by molar-refractivity contribution is -0.137. The first-order valence-corrected chi connectivity index (χ1v) is 5.96. The highest BCUT2D eigenvalue weighted by atomic mass is 32.2. The molecule has 0 saturated heterocycles. The highest BCUT2D eigenvalue weighted by Crippen LogP contribution is 2.31. The van der Waals surface area contributed by atoms with Gasteiger partial charge >= 0.3 is 11.4 Å². The average Bonchev–Trinajstić information content (AvgIpc) is 2.86. The molecule has 9 heteroatoms. The van der Waals surface area contributed by atoms with Crippen LogP contribution in [0.2, 0.25) is 0 Å². The lowest BCUT2D eigenvalue weighted by Crippen LogP contribution is -2.04. The maximum atomic E-state index is 12.5. The summed E-state index contributed by atoms with van der Waals surface area (Å²) in [5, 5.41) is 6.64. The van der Waals surface area contributed by atoms with E-state index in [-0.39, 0.29) is 16.7 Å². The van der Waals surface area contributed by atoms with E-state index in [4.69, 9.17) is 4.42 Å². The van der Waals surface area contributed by atoms with Crippen molar-refractivity contribution in [2.45, 2.75) is 11.4 Å². The molecule has 0 spiro atoms. The van der Waals surface area contributed by atoms with Crippen LogP contribution in [-0.4, -0.2) is 21.5 Å². The van der Waals surface area contributed by atoms with Gasteiger partial charge in [0, 0.05) is 5.56 Å². The first-order chi connectivity index (χ1) is 8.91. The standard InChI is InChI=1S/C10H7F3N2O3S/c1-17-19(16)9-15-14-8(18-9)6-3-2-4-7(5-6)10(11,12)13/h2-5H,1H3. The SMILES string of the molecule is COS(=O)c1nnc(-c2cccc(C(F)(F)F)c2)o1. The van der Waals surface area contributed by atoms with E-state index >= 15 is 0 Å². The number of hydrogen-bond donors (Lipinski definition) is 0. The van der Waals surface area contributed by atoms with Crippen LogP contribution in [0, 0.1) is 0 Å². The van der Waals surface area contributed by atoms with Gasteiger partial charge in [-0.05, 0) is 18.2 Å². The van der Waals surface area contributed by atoms with Gasteiger partial charge in [0.05, 0.1) is 12.7 Å². The maximum absolute atomic E-state index is 12.5. The Morgan fingerprint density at radius 3 is 2.68 bits per heavy atom. The van der Waals surface area contributed by atoms with Gasteiger partial charge in [-0.1, -0.05) is 11.2 Å². The molecule has 19 heavy (non-hydrogen) atoms. The molecular weight excluding hydrogens is 285 g/mol. The van der Waals surface area contributed by atoms with Crippen LogP contribution in [0.15, 0.2) is 33.9 Å². The third-order valence-electron chi connectivity index (χ3n) is 2.14. The number of rotatable bonds is 3. The van der Waals surface area contributed by atoms with Gasteiger partial charge in [0.15, 0.2) is 0 Å². The van der Waals surface area contributed by atoms with Crippen LogP contribution < -0.4 is 0 Å². The van der Waals surface area contributed by atoms with E-state index in [2.05, 4.69) is 14.4 Å². The van der Waals surface area contributed by atoms with Crippen molar-refractivity contribution in [1.82, 2.24) is 10.2 Å². The highest BCUT2D eigenvalue weighted by Gasteiger charge is 2.30. The Labute approximate surface area is 108 Å². The smallest absolute Gasteiger partial charge is 0.408 e. The summed E-state index contributed by atoms with van der Waals surface area (Å²) in [6, 6.07) is 4.39. The lowest BCUT2D eigenvalue weighted by Gasteiger charge is -2.06. The Hall–Kier alpha value is -1.74. The molecule has 1 aromatic heterocycles.